The predicted molar refractivity (Wildman–Crippen MR) is 92.5 cm³/mol. The van der Waals surface area contributed by atoms with Crippen molar-refractivity contribution >= 4 is 17.5 Å². The summed E-state index contributed by atoms with van der Waals surface area (Å²) >= 11 is 5.79. The molecule has 4 nitrogen and oxygen atoms in total. The minimum atomic E-state index is -4.71. The first-order valence-corrected chi connectivity index (χ1v) is 8.82. The van der Waals surface area contributed by atoms with Crippen molar-refractivity contribution in [3.05, 3.63) is 46.7 Å². The molecule has 1 aliphatic rings. The fraction of sp³-hybridized carbons (Fsp3) is 0.444. The Hall–Kier alpha value is -2.02. The summed E-state index contributed by atoms with van der Waals surface area (Å²) in [5.74, 6) is -0.311. The summed E-state index contributed by atoms with van der Waals surface area (Å²) in [5, 5.41) is 4.23. The molecule has 0 unspecified atom stereocenters. The molecule has 1 aromatic heterocycles. The number of hydrogen-bond donors (Lipinski definition) is 0. The number of aromatic nitrogens is 2. The summed E-state index contributed by atoms with van der Waals surface area (Å²) in [6.07, 6.45) is 0.506. The fourth-order valence-corrected chi connectivity index (χ4v) is 3.55. The van der Waals surface area contributed by atoms with Crippen LogP contribution in [0.5, 0.6) is 0 Å². The summed E-state index contributed by atoms with van der Waals surface area (Å²) in [7, 11) is 1.54. The van der Waals surface area contributed by atoms with Gasteiger partial charge in [0, 0.05) is 18.6 Å². The highest BCUT2D eigenvalue weighted by atomic mass is 35.5. The number of rotatable bonds is 4. The number of halogens is 4. The number of benzene rings is 1. The summed E-state index contributed by atoms with van der Waals surface area (Å²) < 4.78 is 41.8. The SMILES string of the molecule is CN(CC1CCCC1)C(=O)c1cnn(-c2ccc(Cl)cc2)c1C(F)(F)F. The van der Waals surface area contributed by atoms with E-state index in [2.05, 4.69) is 5.10 Å². The van der Waals surface area contributed by atoms with Gasteiger partial charge in [-0.05, 0) is 43.0 Å². The molecule has 0 aliphatic heterocycles. The second-order valence-corrected chi connectivity index (χ2v) is 7.07. The molecule has 1 fully saturated rings. The van der Waals surface area contributed by atoms with E-state index in [-0.39, 0.29) is 5.69 Å². The molecule has 26 heavy (non-hydrogen) atoms. The first-order valence-electron chi connectivity index (χ1n) is 8.44. The van der Waals surface area contributed by atoms with Gasteiger partial charge in [-0.3, -0.25) is 4.79 Å². The van der Waals surface area contributed by atoms with Crippen LogP contribution in [0.1, 0.15) is 41.7 Å². The Morgan fingerprint density at radius 1 is 1.27 bits per heavy atom. The number of amides is 1. The predicted octanol–water partition coefficient (Wildman–Crippen LogP) is 4.81. The van der Waals surface area contributed by atoms with E-state index in [0.29, 0.717) is 17.5 Å². The summed E-state index contributed by atoms with van der Waals surface area (Å²) in [6, 6.07) is 5.82. The standard InChI is InChI=1S/C18H19ClF3N3O/c1-24(11-12-4-2-3-5-12)17(26)15-10-23-25(16(15)18(20,21)22)14-8-6-13(19)7-9-14/h6-10,12H,2-5,11H2,1H3. The molecule has 0 saturated heterocycles. The Labute approximate surface area is 154 Å². The third kappa shape index (κ3) is 3.87. The van der Waals surface area contributed by atoms with Crippen molar-refractivity contribution in [2.75, 3.05) is 13.6 Å². The maximum absolute atomic E-state index is 13.7. The van der Waals surface area contributed by atoms with Crippen molar-refractivity contribution in [3.8, 4) is 5.69 Å². The second-order valence-electron chi connectivity index (χ2n) is 6.63. The van der Waals surface area contributed by atoms with Gasteiger partial charge in [-0.1, -0.05) is 24.4 Å². The number of alkyl halides is 3. The van der Waals surface area contributed by atoms with Crippen LogP contribution in [-0.2, 0) is 6.18 Å². The van der Waals surface area contributed by atoms with Gasteiger partial charge in [-0.15, -0.1) is 0 Å². The van der Waals surface area contributed by atoms with Crippen molar-refractivity contribution in [1.82, 2.24) is 14.7 Å². The van der Waals surface area contributed by atoms with Crippen molar-refractivity contribution in [2.45, 2.75) is 31.9 Å². The third-order valence-corrected chi connectivity index (χ3v) is 4.94. The Kier molecular flexibility index (Phi) is 5.27. The van der Waals surface area contributed by atoms with Crippen LogP contribution in [0, 0.1) is 5.92 Å². The first-order chi connectivity index (χ1) is 12.3. The lowest BCUT2D eigenvalue weighted by atomic mass is 10.1. The molecule has 8 heteroatoms. The average Bonchev–Trinajstić information content (AvgIpc) is 3.23. The van der Waals surface area contributed by atoms with Gasteiger partial charge in [0.05, 0.1) is 17.4 Å². The van der Waals surface area contributed by atoms with E-state index in [1.165, 1.54) is 29.2 Å². The number of carbonyl (C=O) groups is 1. The average molecular weight is 386 g/mol. The molecule has 1 aliphatic carbocycles. The zero-order chi connectivity index (χ0) is 18.9. The quantitative estimate of drug-likeness (QED) is 0.757. The lowest BCUT2D eigenvalue weighted by Gasteiger charge is -2.21. The maximum Gasteiger partial charge on any atom is 0.434 e. The molecule has 1 heterocycles. The van der Waals surface area contributed by atoms with Crippen molar-refractivity contribution < 1.29 is 18.0 Å². The molecule has 1 amide bonds. The molecule has 2 aromatic rings. The van der Waals surface area contributed by atoms with Crippen molar-refractivity contribution in [2.24, 2.45) is 5.92 Å². The van der Waals surface area contributed by atoms with Gasteiger partial charge in [0.15, 0.2) is 5.69 Å². The number of carbonyl (C=O) groups excluding carboxylic acids is 1. The highest BCUT2D eigenvalue weighted by Crippen LogP contribution is 2.34. The highest BCUT2D eigenvalue weighted by Gasteiger charge is 2.41. The van der Waals surface area contributed by atoms with Crippen LogP contribution >= 0.6 is 11.6 Å². The van der Waals surface area contributed by atoms with Crippen molar-refractivity contribution in [1.29, 1.82) is 0 Å². The molecule has 3 rings (SSSR count). The molecular weight excluding hydrogens is 367 g/mol. The summed E-state index contributed by atoms with van der Waals surface area (Å²) in [6.45, 7) is 0.461. The highest BCUT2D eigenvalue weighted by molar-refractivity contribution is 6.30. The first kappa shape index (κ1) is 18.8. The van der Waals surface area contributed by atoms with E-state index in [0.717, 1.165) is 36.6 Å². The van der Waals surface area contributed by atoms with Crippen LogP contribution in [0.2, 0.25) is 5.02 Å². The van der Waals surface area contributed by atoms with Crippen LogP contribution in [-0.4, -0.2) is 34.2 Å². The second kappa shape index (κ2) is 7.31. The molecule has 1 aromatic carbocycles. The monoisotopic (exact) mass is 385 g/mol. The van der Waals surface area contributed by atoms with Gasteiger partial charge < -0.3 is 4.90 Å². The van der Waals surface area contributed by atoms with E-state index in [4.69, 9.17) is 11.6 Å². The Morgan fingerprint density at radius 2 is 1.88 bits per heavy atom. The molecular formula is C18H19ClF3N3O. The largest absolute Gasteiger partial charge is 0.434 e. The van der Waals surface area contributed by atoms with Gasteiger partial charge in [0.2, 0.25) is 0 Å². The van der Waals surface area contributed by atoms with Gasteiger partial charge in [-0.2, -0.15) is 18.3 Å². The fourth-order valence-electron chi connectivity index (χ4n) is 3.42. The lowest BCUT2D eigenvalue weighted by molar-refractivity contribution is -0.143. The van der Waals surface area contributed by atoms with E-state index in [9.17, 15) is 18.0 Å². The maximum atomic E-state index is 13.7. The van der Waals surface area contributed by atoms with Crippen LogP contribution in [0.15, 0.2) is 30.5 Å². The van der Waals surface area contributed by atoms with Crippen LogP contribution in [0.25, 0.3) is 5.69 Å². The minimum absolute atomic E-state index is 0.194. The topological polar surface area (TPSA) is 38.1 Å². The Bertz CT molecular complexity index is 780. The number of hydrogen-bond acceptors (Lipinski definition) is 2. The molecule has 0 atom stereocenters. The van der Waals surface area contributed by atoms with E-state index < -0.39 is 23.3 Å². The Morgan fingerprint density at radius 3 is 2.46 bits per heavy atom. The van der Waals surface area contributed by atoms with Crippen molar-refractivity contribution in [3.63, 3.8) is 0 Å². The molecule has 0 N–H and O–H groups in total. The van der Waals surface area contributed by atoms with Crippen LogP contribution < -0.4 is 0 Å². The third-order valence-electron chi connectivity index (χ3n) is 4.69. The van der Waals surface area contributed by atoms with Gasteiger partial charge in [0.25, 0.3) is 5.91 Å². The van der Waals surface area contributed by atoms with Crippen LogP contribution in [0.4, 0.5) is 13.2 Å². The lowest BCUT2D eigenvalue weighted by Crippen LogP contribution is -2.32. The molecule has 140 valence electrons. The molecule has 0 radical (unpaired) electrons. The molecule has 0 spiro atoms. The number of nitrogens with zero attached hydrogens (tertiary/aromatic N) is 3. The Balaban J connectivity index is 1.94. The van der Waals surface area contributed by atoms with Gasteiger partial charge in [-0.25, -0.2) is 4.68 Å². The van der Waals surface area contributed by atoms with Gasteiger partial charge in [0.1, 0.15) is 0 Å². The zero-order valence-electron chi connectivity index (χ0n) is 14.3. The van der Waals surface area contributed by atoms with E-state index >= 15 is 0 Å². The molecule has 0 bridgehead atoms. The van der Waals surface area contributed by atoms with E-state index in [1.807, 2.05) is 0 Å². The minimum Gasteiger partial charge on any atom is -0.341 e. The smallest absolute Gasteiger partial charge is 0.341 e. The van der Waals surface area contributed by atoms with E-state index in [1.54, 1.807) is 7.05 Å². The molecule has 1 saturated carbocycles. The zero-order valence-corrected chi connectivity index (χ0v) is 15.0. The summed E-state index contributed by atoms with van der Waals surface area (Å²) in [5.41, 5.74) is -1.31. The normalized spacial score (nSPS) is 15.4. The van der Waals surface area contributed by atoms with Crippen LogP contribution in [0.3, 0.4) is 0 Å². The van der Waals surface area contributed by atoms with Gasteiger partial charge >= 0.3 is 6.18 Å². The summed E-state index contributed by atoms with van der Waals surface area (Å²) in [4.78, 5) is 14.0.